The maximum atomic E-state index is 12.0. The Balaban J connectivity index is 1.99. The second kappa shape index (κ2) is 5.55. The van der Waals surface area contributed by atoms with Crippen molar-refractivity contribution in [3.63, 3.8) is 0 Å². The lowest BCUT2D eigenvalue weighted by molar-refractivity contribution is -0.126. The van der Waals surface area contributed by atoms with Gasteiger partial charge in [0.15, 0.2) is 0 Å². The summed E-state index contributed by atoms with van der Waals surface area (Å²) < 4.78 is 1.76. The number of rotatable bonds is 4. The van der Waals surface area contributed by atoms with Crippen LogP contribution in [-0.2, 0) is 16.6 Å². The molecule has 21 heavy (non-hydrogen) atoms. The first-order chi connectivity index (χ1) is 9.79. The van der Waals surface area contributed by atoms with Crippen LogP contribution in [0.4, 0.5) is 4.79 Å². The Kier molecular flexibility index (Phi) is 3.97. The molecule has 3 N–H and O–H groups in total. The molecule has 0 aromatic carbocycles. The average Bonchev–Trinajstić information content (AvgIpc) is 2.79. The van der Waals surface area contributed by atoms with Crippen LogP contribution in [0.25, 0.3) is 0 Å². The molecule has 0 spiro atoms. The first-order valence-corrected chi connectivity index (χ1v) is 6.70. The van der Waals surface area contributed by atoms with E-state index >= 15 is 0 Å². The third-order valence-corrected chi connectivity index (χ3v) is 3.62. The summed E-state index contributed by atoms with van der Waals surface area (Å²) in [6, 6.07) is -1.59. The third-order valence-electron chi connectivity index (χ3n) is 3.62. The van der Waals surface area contributed by atoms with E-state index in [1.54, 1.807) is 4.68 Å². The minimum Gasteiger partial charge on any atom is -0.349 e. The number of aromatic nitrogens is 2. The summed E-state index contributed by atoms with van der Waals surface area (Å²) in [5.74, 6) is -0.774. The smallest absolute Gasteiger partial charge is 0.322 e. The van der Waals surface area contributed by atoms with E-state index in [1.807, 2.05) is 27.8 Å². The lowest BCUT2D eigenvalue weighted by Gasteiger charge is -2.16. The van der Waals surface area contributed by atoms with Gasteiger partial charge in [0.2, 0.25) is 5.91 Å². The van der Waals surface area contributed by atoms with Crippen molar-refractivity contribution >= 4 is 17.8 Å². The molecule has 0 saturated carbocycles. The van der Waals surface area contributed by atoms with Gasteiger partial charge in [-0.2, -0.15) is 5.10 Å². The van der Waals surface area contributed by atoms with E-state index in [-0.39, 0.29) is 18.4 Å². The van der Waals surface area contributed by atoms with Crippen LogP contribution < -0.4 is 16.0 Å². The molecule has 2 rings (SSSR count). The molecule has 8 nitrogen and oxygen atoms in total. The van der Waals surface area contributed by atoms with Crippen molar-refractivity contribution in [3.05, 3.63) is 17.0 Å². The molecule has 1 aliphatic heterocycles. The number of hydrogen-bond donors (Lipinski definition) is 3. The molecule has 1 aromatic rings. The van der Waals surface area contributed by atoms with Crippen molar-refractivity contribution in [2.75, 3.05) is 0 Å². The van der Waals surface area contributed by atoms with Crippen LogP contribution >= 0.6 is 0 Å². The third kappa shape index (κ3) is 3.04. The van der Waals surface area contributed by atoms with E-state index in [1.165, 1.54) is 0 Å². The van der Waals surface area contributed by atoms with Gasteiger partial charge in [0.1, 0.15) is 6.04 Å². The predicted molar refractivity (Wildman–Crippen MR) is 74.3 cm³/mol. The number of nitrogens with zero attached hydrogens (tertiary/aromatic N) is 2. The summed E-state index contributed by atoms with van der Waals surface area (Å²) in [7, 11) is 1.85. The summed E-state index contributed by atoms with van der Waals surface area (Å²) in [4.78, 5) is 34.4. The predicted octanol–water partition coefficient (Wildman–Crippen LogP) is -0.188. The summed E-state index contributed by atoms with van der Waals surface area (Å²) in [6.07, 6.45) is -0.0831. The molecule has 0 radical (unpaired) electrons. The second-order valence-corrected chi connectivity index (χ2v) is 5.22. The molecule has 2 unspecified atom stereocenters. The highest BCUT2D eigenvalue weighted by Gasteiger charge is 2.31. The van der Waals surface area contributed by atoms with Gasteiger partial charge in [-0.25, -0.2) is 4.79 Å². The van der Waals surface area contributed by atoms with Crippen LogP contribution in [0.2, 0.25) is 0 Å². The Morgan fingerprint density at radius 3 is 2.57 bits per heavy atom. The van der Waals surface area contributed by atoms with Gasteiger partial charge in [0, 0.05) is 18.3 Å². The maximum Gasteiger partial charge on any atom is 0.322 e. The SMILES string of the molecule is Cc1nn(C)c(C)c1C(C)NC(=O)CC1NC(=O)NC1=O. The van der Waals surface area contributed by atoms with E-state index in [0.717, 1.165) is 17.0 Å². The number of carbonyl (C=O) groups excluding carboxylic acids is 3. The van der Waals surface area contributed by atoms with Gasteiger partial charge in [0.05, 0.1) is 18.2 Å². The van der Waals surface area contributed by atoms with Gasteiger partial charge in [-0.05, 0) is 20.8 Å². The second-order valence-electron chi connectivity index (χ2n) is 5.22. The Bertz CT molecular complexity index is 607. The van der Waals surface area contributed by atoms with Gasteiger partial charge >= 0.3 is 6.03 Å². The molecule has 8 heteroatoms. The molecule has 114 valence electrons. The van der Waals surface area contributed by atoms with E-state index in [4.69, 9.17) is 0 Å². The highest BCUT2D eigenvalue weighted by atomic mass is 16.2. The number of amides is 4. The van der Waals surface area contributed by atoms with E-state index in [0.29, 0.717) is 0 Å². The molecule has 1 aromatic heterocycles. The van der Waals surface area contributed by atoms with Crippen molar-refractivity contribution < 1.29 is 14.4 Å². The Labute approximate surface area is 122 Å². The van der Waals surface area contributed by atoms with Gasteiger partial charge < -0.3 is 10.6 Å². The van der Waals surface area contributed by atoms with Gasteiger partial charge in [0.25, 0.3) is 5.91 Å². The summed E-state index contributed by atoms with van der Waals surface area (Å²) in [6.45, 7) is 5.68. The minimum absolute atomic E-state index is 0.0831. The molecule has 2 atom stereocenters. The number of nitrogens with one attached hydrogen (secondary N) is 3. The van der Waals surface area contributed by atoms with Crippen LogP contribution in [0, 0.1) is 13.8 Å². The quantitative estimate of drug-likeness (QED) is 0.669. The molecule has 1 aliphatic rings. The normalized spacial score (nSPS) is 19.1. The van der Waals surface area contributed by atoms with Gasteiger partial charge in [-0.15, -0.1) is 0 Å². The Morgan fingerprint density at radius 2 is 2.10 bits per heavy atom. The molecule has 1 saturated heterocycles. The van der Waals surface area contributed by atoms with Crippen LogP contribution in [0.1, 0.15) is 36.3 Å². The lowest BCUT2D eigenvalue weighted by Crippen LogP contribution is -2.37. The molecular weight excluding hydrogens is 274 g/mol. The van der Waals surface area contributed by atoms with Crippen molar-refractivity contribution in [2.24, 2.45) is 7.05 Å². The summed E-state index contributed by atoms with van der Waals surface area (Å²) >= 11 is 0. The average molecular weight is 293 g/mol. The van der Waals surface area contributed by atoms with Crippen LogP contribution in [0.3, 0.4) is 0 Å². The maximum absolute atomic E-state index is 12.0. The molecule has 4 amide bonds. The number of carbonyl (C=O) groups is 3. The molecule has 1 fully saturated rings. The number of aryl methyl sites for hydroxylation is 2. The minimum atomic E-state index is -0.805. The van der Waals surface area contributed by atoms with E-state index < -0.39 is 18.0 Å². The number of imide groups is 1. The zero-order valence-electron chi connectivity index (χ0n) is 12.5. The van der Waals surface area contributed by atoms with Crippen molar-refractivity contribution in [3.8, 4) is 0 Å². The van der Waals surface area contributed by atoms with Gasteiger partial charge in [-0.3, -0.25) is 19.6 Å². The monoisotopic (exact) mass is 293 g/mol. The van der Waals surface area contributed by atoms with Crippen molar-refractivity contribution in [2.45, 2.75) is 39.3 Å². The zero-order chi connectivity index (χ0) is 15.7. The van der Waals surface area contributed by atoms with Crippen LogP contribution in [0.5, 0.6) is 0 Å². The van der Waals surface area contributed by atoms with E-state index in [2.05, 4.69) is 21.0 Å². The summed E-state index contributed by atoms with van der Waals surface area (Å²) in [5, 5.41) is 11.6. The van der Waals surface area contributed by atoms with Gasteiger partial charge in [-0.1, -0.05) is 0 Å². The Morgan fingerprint density at radius 1 is 1.43 bits per heavy atom. The highest BCUT2D eigenvalue weighted by molar-refractivity contribution is 6.05. The number of hydrogen-bond acceptors (Lipinski definition) is 4. The Hall–Kier alpha value is -2.38. The number of urea groups is 1. The first kappa shape index (κ1) is 15.0. The van der Waals surface area contributed by atoms with Crippen LogP contribution in [-0.4, -0.2) is 33.7 Å². The highest BCUT2D eigenvalue weighted by Crippen LogP contribution is 2.20. The van der Waals surface area contributed by atoms with Crippen LogP contribution in [0.15, 0.2) is 0 Å². The fourth-order valence-corrected chi connectivity index (χ4v) is 2.58. The fourth-order valence-electron chi connectivity index (χ4n) is 2.58. The van der Waals surface area contributed by atoms with Crippen molar-refractivity contribution in [1.29, 1.82) is 0 Å². The standard InChI is InChI=1S/C13H19N5O3/c1-6(11-7(2)17-18(4)8(11)3)14-10(19)5-9-12(20)16-13(21)15-9/h6,9H,5H2,1-4H3,(H,14,19)(H2,15,16,20,21). The zero-order valence-corrected chi connectivity index (χ0v) is 12.5. The van der Waals surface area contributed by atoms with Crippen molar-refractivity contribution in [1.82, 2.24) is 25.7 Å². The molecular formula is C13H19N5O3. The largest absolute Gasteiger partial charge is 0.349 e. The lowest BCUT2D eigenvalue weighted by atomic mass is 10.1. The van der Waals surface area contributed by atoms with E-state index in [9.17, 15) is 14.4 Å². The topological polar surface area (TPSA) is 105 Å². The first-order valence-electron chi connectivity index (χ1n) is 6.70. The summed E-state index contributed by atoms with van der Waals surface area (Å²) in [5.41, 5.74) is 2.80. The fraction of sp³-hybridized carbons (Fsp3) is 0.538. The molecule has 2 heterocycles. The molecule has 0 aliphatic carbocycles. The molecule has 0 bridgehead atoms.